The molecule has 0 amide bonds. The molecular weight excluding hydrogens is 274 g/mol. The molecule has 0 aromatic heterocycles. The number of halogens is 1. The third-order valence-electron chi connectivity index (χ3n) is 3.90. The zero-order valence-corrected chi connectivity index (χ0v) is 12.8. The lowest BCUT2D eigenvalue weighted by Crippen LogP contribution is -2.27. The Morgan fingerprint density at radius 1 is 1.50 bits per heavy atom. The maximum absolute atomic E-state index is 8.98. The Kier molecular flexibility index (Phi) is 6.28. The van der Waals surface area contributed by atoms with E-state index in [0.29, 0.717) is 23.3 Å². The van der Waals surface area contributed by atoms with Gasteiger partial charge >= 0.3 is 0 Å². The summed E-state index contributed by atoms with van der Waals surface area (Å²) in [5, 5.41) is 8.98. The van der Waals surface area contributed by atoms with Crippen molar-refractivity contribution >= 4 is 12.4 Å². The highest BCUT2D eigenvalue weighted by Gasteiger charge is 2.27. The van der Waals surface area contributed by atoms with Crippen molar-refractivity contribution in [1.29, 1.82) is 5.26 Å². The van der Waals surface area contributed by atoms with E-state index in [1.54, 1.807) is 7.11 Å². The van der Waals surface area contributed by atoms with Crippen molar-refractivity contribution in [1.82, 2.24) is 4.90 Å². The van der Waals surface area contributed by atoms with Gasteiger partial charge in [0.05, 0.1) is 12.7 Å². The fourth-order valence-corrected chi connectivity index (χ4v) is 2.77. The molecule has 2 atom stereocenters. The summed E-state index contributed by atoms with van der Waals surface area (Å²) in [5.74, 6) is 1.26. The van der Waals surface area contributed by atoms with E-state index < -0.39 is 0 Å². The number of hydrogen-bond donors (Lipinski definition) is 1. The largest absolute Gasteiger partial charge is 0.495 e. The predicted octanol–water partition coefficient (Wildman–Crippen LogP) is 2.16. The summed E-state index contributed by atoms with van der Waals surface area (Å²) in [6.45, 7) is 4.95. The topological polar surface area (TPSA) is 62.3 Å². The van der Waals surface area contributed by atoms with Crippen LogP contribution in [0.5, 0.6) is 5.75 Å². The van der Waals surface area contributed by atoms with Gasteiger partial charge in [0.25, 0.3) is 0 Å². The molecule has 0 saturated carbocycles. The summed E-state index contributed by atoms with van der Waals surface area (Å²) in [4.78, 5) is 2.44. The molecule has 1 heterocycles. The first kappa shape index (κ1) is 16.8. The van der Waals surface area contributed by atoms with Crippen LogP contribution in [0.2, 0.25) is 0 Å². The van der Waals surface area contributed by atoms with Crippen LogP contribution in [-0.4, -0.2) is 31.1 Å². The highest BCUT2D eigenvalue weighted by atomic mass is 35.5. The molecule has 1 aliphatic heterocycles. The maximum atomic E-state index is 8.98. The molecule has 1 aromatic rings. The molecule has 20 heavy (non-hydrogen) atoms. The maximum Gasteiger partial charge on any atom is 0.136 e. The average Bonchev–Trinajstić information content (AvgIpc) is 2.79. The SMILES string of the molecule is COc1cc(CN2CC(CN)CC2C)ccc1C#N.Cl. The Hall–Kier alpha value is -1.28. The third-order valence-corrected chi connectivity index (χ3v) is 3.90. The van der Waals surface area contributed by atoms with Crippen LogP contribution in [0, 0.1) is 17.2 Å². The fourth-order valence-electron chi connectivity index (χ4n) is 2.77. The molecule has 1 saturated heterocycles. The van der Waals surface area contributed by atoms with E-state index in [1.165, 1.54) is 12.0 Å². The van der Waals surface area contributed by atoms with Crippen LogP contribution in [0.15, 0.2) is 18.2 Å². The zero-order chi connectivity index (χ0) is 13.8. The van der Waals surface area contributed by atoms with Crippen LogP contribution in [0.25, 0.3) is 0 Å². The summed E-state index contributed by atoms with van der Waals surface area (Å²) >= 11 is 0. The third kappa shape index (κ3) is 3.63. The first-order valence-corrected chi connectivity index (χ1v) is 6.69. The lowest BCUT2D eigenvalue weighted by molar-refractivity contribution is 0.255. The number of nitrogens with two attached hydrogens (primary N) is 1. The van der Waals surface area contributed by atoms with Crippen molar-refractivity contribution in [2.45, 2.75) is 25.9 Å². The molecule has 0 radical (unpaired) electrons. The summed E-state index contributed by atoms with van der Waals surface area (Å²) in [6, 6.07) is 8.49. The molecule has 110 valence electrons. The second-order valence-electron chi connectivity index (χ2n) is 5.26. The summed E-state index contributed by atoms with van der Waals surface area (Å²) < 4.78 is 5.25. The summed E-state index contributed by atoms with van der Waals surface area (Å²) in [6.07, 6.45) is 1.17. The molecule has 5 heteroatoms. The second-order valence-corrected chi connectivity index (χ2v) is 5.26. The van der Waals surface area contributed by atoms with E-state index in [1.807, 2.05) is 18.2 Å². The quantitative estimate of drug-likeness (QED) is 0.924. The molecule has 2 N–H and O–H groups in total. The van der Waals surface area contributed by atoms with Crippen molar-refractivity contribution in [3.05, 3.63) is 29.3 Å². The van der Waals surface area contributed by atoms with Gasteiger partial charge in [-0.1, -0.05) is 6.07 Å². The number of methoxy groups -OCH3 is 1. The molecule has 0 spiro atoms. The summed E-state index contributed by atoms with van der Waals surface area (Å²) in [7, 11) is 1.60. The Balaban J connectivity index is 0.00000200. The number of likely N-dealkylation sites (tertiary alicyclic amines) is 1. The lowest BCUT2D eigenvalue weighted by Gasteiger charge is -2.21. The number of ether oxygens (including phenoxy) is 1. The summed E-state index contributed by atoms with van der Waals surface area (Å²) in [5.41, 5.74) is 7.52. The van der Waals surface area contributed by atoms with Crippen LogP contribution in [0.4, 0.5) is 0 Å². The molecule has 2 rings (SSSR count). The Bertz CT molecular complexity index is 486. The smallest absolute Gasteiger partial charge is 0.136 e. The molecule has 1 aromatic carbocycles. The van der Waals surface area contributed by atoms with Crippen LogP contribution in [0.3, 0.4) is 0 Å². The van der Waals surface area contributed by atoms with Gasteiger partial charge in [0.15, 0.2) is 0 Å². The molecule has 1 fully saturated rings. The fraction of sp³-hybridized carbons (Fsp3) is 0.533. The van der Waals surface area contributed by atoms with Crippen molar-refractivity contribution in [2.24, 2.45) is 11.7 Å². The van der Waals surface area contributed by atoms with Gasteiger partial charge in [-0.3, -0.25) is 4.90 Å². The van der Waals surface area contributed by atoms with Crippen LogP contribution >= 0.6 is 12.4 Å². The van der Waals surface area contributed by atoms with E-state index in [9.17, 15) is 0 Å². The number of hydrogen-bond acceptors (Lipinski definition) is 4. The molecule has 0 aliphatic carbocycles. The molecule has 1 aliphatic rings. The van der Waals surface area contributed by atoms with Crippen molar-refractivity contribution in [3.8, 4) is 11.8 Å². The molecule has 0 bridgehead atoms. The monoisotopic (exact) mass is 295 g/mol. The molecule has 4 nitrogen and oxygen atoms in total. The van der Waals surface area contributed by atoms with Gasteiger partial charge in [0, 0.05) is 19.1 Å². The Morgan fingerprint density at radius 2 is 2.25 bits per heavy atom. The van der Waals surface area contributed by atoms with Crippen molar-refractivity contribution < 1.29 is 4.74 Å². The van der Waals surface area contributed by atoms with Crippen LogP contribution < -0.4 is 10.5 Å². The molecule has 2 unspecified atom stereocenters. The average molecular weight is 296 g/mol. The Morgan fingerprint density at radius 3 is 2.80 bits per heavy atom. The van der Waals surface area contributed by atoms with E-state index in [-0.39, 0.29) is 12.4 Å². The number of benzene rings is 1. The van der Waals surface area contributed by atoms with Gasteiger partial charge in [-0.15, -0.1) is 12.4 Å². The van der Waals surface area contributed by atoms with Crippen molar-refractivity contribution in [2.75, 3.05) is 20.2 Å². The van der Waals surface area contributed by atoms with Gasteiger partial charge in [0.1, 0.15) is 11.8 Å². The van der Waals surface area contributed by atoms with Crippen molar-refractivity contribution in [3.63, 3.8) is 0 Å². The number of nitrogens with zero attached hydrogens (tertiary/aromatic N) is 2. The first-order chi connectivity index (χ1) is 9.17. The highest BCUT2D eigenvalue weighted by molar-refractivity contribution is 5.85. The zero-order valence-electron chi connectivity index (χ0n) is 12.0. The Labute approximate surface area is 126 Å². The lowest BCUT2D eigenvalue weighted by atomic mass is 10.1. The van der Waals surface area contributed by atoms with E-state index in [0.717, 1.165) is 19.6 Å². The van der Waals surface area contributed by atoms with Gasteiger partial charge < -0.3 is 10.5 Å². The van der Waals surface area contributed by atoms with E-state index in [2.05, 4.69) is 17.9 Å². The van der Waals surface area contributed by atoms with Crippen LogP contribution in [0.1, 0.15) is 24.5 Å². The number of nitriles is 1. The number of rotatable bonds is 4. The highest BCUT2D eigenvalue weighted by Crippen LogP contribution is 2.26. The second kappa shape index (κ2) is 7.49. The minimum atomic E-state index is 0. The van der Waals surface area contributed by atoms with Crippen LogP contribution in [-0.2, 0) is 6.54 Å². The standard InChI is InChI=1S/C15H21N3O.ClH/c1-11-5-13(7-16)10-18(11)9-12-3-4-14(8-17)15(6-12)19-2;/h3-4,6,11,13H,5,7,9-10,16H2,1-2H3;1H. The predicted molar refractivity (Wildman–Crippen MR) is 82.0 cm³/mol. The molecular formula is C15H22ClN3O. The minimum Gasteiger partial charge on any atom is -0.495 e. The van der Waals surface area contributed by atoms with Gasteiger partial charge in [-0.2, -0.15) is 5.26 Å². The van der Waals surface area contributed by atoms with Gasteiger partial charge in [-0.05, 0) is 43.5 Å². The normalized spacial score (nSPS) is 22.1. The minimum absolute atomic E-state index is 0. The van der Waals surface area contributed by atoms with Gasteiger partial charge in [-0.25, -0.2) is 0 Å². The van der Waals surface area contributed by atoms with Gasteiger partial charge in [0.2, 0.25) is 0 Å². The first-order valence-electron chi connectivity index (χ1n) is 6.69. The van der Waals surface area contributed by atoms with E-state index in [4.69, 9.17) is 15.7 Å². The van der Waals surface area contributed by atoms with E-state index >= 15 is 0 Å².